The number of carbonyl (C=O) groups excluding carboxylic acids is 1. The zero-order chi connectivity index (χ0) is 16.9. The predicted molar refractivity (Wildman–Crippen MR) is 96.3 cm³/mol. The minimum Gasteiger partial charge on any atom is -0.493 e. The minimum absolute atomic E-state index is 0.00863. The maximum Gasteiger partial charge on any atom is 0.261 e. The van der Waals surface area contributed by atoms with E-state index in [1.807, 2.05) is 24.3 Å². The number of thiophene rings is 1. The van der Waals surface area contributed by atoms with E-state index in [4.69, 9.17) is 9.47 Å². The van der Waals surface area contributed by atoms with E-state index < -0.39 is 0 Å². The summed E-state index contributed by atoms with van der Waals surface area (Å²) in [6.45, 7) is 3.15. The van der Waals surface area contributed by atoms with Gasteiger partial charge in [-0.05, 0) is 48.9 Å². The zero-order valence-corrected chi connectivity index (χ0v) is 14.9. The Labute approximate surface area is 146 Å². The normalized spacial score (nSPS) is 16.3. The topological polar surface area (TPSA) is 47.6 Å². The van der Waals surface area contributed by atoms with E-state index in [-0.39, 0.29) is 5.91 Å². The van der Waals surface area contributed by atoms with Crippen molar-refractivity contribution in [2.24, 2.45) is 5.92 Å². The Kier molecular flexibility index (Phi) is 5.41. The zero-order valence-electron chi connectivity index (χ0n) is 14.1. The highest BCUT2D eigenvalue weighted by molar-refractivity contribution is 7.14. The average Bonchev–Trinajstić information content (AvgIpc) is 3.02. The van der Waals surface area contributed by atoms with E-state index in [0.29, 0.717) is 24.7 Å². The molecular formula is C19H23NO3S. The van der Waals surface area contributed by atoms with Crippen molar-refractivity contribution in [3.8, 4) is 11.5 Å². The monoisotopic (exact) mass is 345 g/mol. The highest BCUT2D eigenvalue weighted by Gasteiger charge is 2.20. The van der Waals surface area contributed by atoms with Crippen LogP contribution in [0.1, 0.15) is 33.5 Å². The van der Waals surface area contributed by atoms with Gasteiger partial charge in [-0.25, -0.2) is 0 Å². The van der Waals surface area contributed by atoms with Gasteiger partial charge in [0.2, 0.25) is 0 Å². The standard InChI is InChI=1S/C19H23NO3S/c1-13-7-8-17-14(11-13)12-18(24-17)19(21)20-9-10-23-16-6-4-3-5-15(16)22-2/h3-6,12-13H,7-11H2,1-2H3,(H,20,21)/t13-/m1/s1. The van der Waals surface area contributed by atoms with Gasteiger partial charge in [-0.2, -0.15) is 0 Å². The summed E-state index contributed by atoms with van der Waals surface area (Å²) in [6, 6.07) is 9.56. The van der Waals surface area contributed by atoms with Crippen LogP contribution < -0.4 is 14.8 Å². The van der Waals surface area contributed by atoms with E-state index in [2.05, 4.69) is 18.3 Å². The first-order valence-corrected chi connectivity index (χ1v) is 9.14. The molecule has 0 spiro atoms. The van der Waals surface area contributed by atoms with E-state index in [1.54, 1.807) is 18.4 Å². The second kappa shape index (κ2) is 7.71. The van der Waals surface area contributed by atoms with Gasteiger partial charge < -0.3 is 14.8 Å². The molecule has 1 aliphatic rings. The van der Waals surface area contributed by atoms with E-state index in [0.717, 1.165) is 23.6 Å². The highest BCUT2D eigenvalue weighted by atomic mass is 32.1. The van der Waals surface area contributed by atoms with Crippen molar-refractivity contribution in [1.29, 1.82) is 0 Å². The molecule has 1 aromatic heterocycles. The first-order valence-electron chi connectivity index (χ1n) is 8.33. The number of carbonyl (C=O) groups is 1. The largest absolute Gasteiger partial charge is 0.493 e. The molecular weight excluding hydrogens is 322 g/mol. The molecule has 1 heterocycles. The van der Waals surface area contributed by atoms with Crippen LogP contribution in [0.25, 0.3) is 0 Å². The number of aryl methyl sites for hydroxylation is 1. The van der Waals surface area contributed by atoms with Crippen LogP contribution in [0.2, 0.25) is 0 Å². The van der Waals surface area contributed by atoms with Crippen molar-refractivity contribution in [3.63, 3.8) is 0 Å². The lowest BCUT2D eigenvalue weighted by Gasteiger charge is -2.16. The number of ether oxygens (including phenoxy) is 2. The third-order valence-corrected chi connectivity index (χ3v) is 5.50. The van der Waals surface area contributed by atoms with Gasteiger partial charge in [0.25, 0.3) is 5.91 Å². The smallest absolute Gasteiger partial charge is 0.261 e. The van der Waals surface area contributed by atoms with Crippen LogP contribution in [-0.4, -0.2) is 26.2 Å². The van der Waals surface area contributed by atoms with Crippen molar-refractivity contribution < 1.29 is 14.3 Å². The fraction of sp³-hybridized carbons (Fsp3) is 0.421. The third-order valence-electron chi connectivity index (χ3n) is 4.27. The average molecular weight is 345 g/mol. The summed E-state index contributed by atoms with van der Waals surface area (Å²) < 4.78 is 10.9. The van der Waals surface area contributed by atoms with Crippen molar-refractivity contribution >= 4 is 17.2 Å². The minimum atomic E-state index is -0.00863. The van der Waals surface area contributed by atoms with Gasteiger partial charge in [0, 0.05) is 4.88 Å². The number of hydrogen-bond acceptors (Lipinski definition) is 4. The first kappa shape index (κ1) is 16.8. The number of amides is 1. The summed E-state index contributed by atoms with van der Waals surface area (Å²) in [7, 11) is 1.61. The lowest BCUT2D eigenvalue weighted by atomic mass is 9.90. The summed E-state index contributed by atoms with van der Waals surface area (Å²) in [4.78, 5) is 14.5. The summed E-state index contributed by atoms with van der Waals surface area (Å²) in [5.41, 5.74) is 1.36. The summed E-state index contributed by atoms with van der Waals surface area (Å²) >= 11 is 1.63. The number of fused-ring (bicyclic) bond motifs is 1. The molecule has 1 amide bonds. The van der Waals surface area contributed by atoms with Crippen molar-refractivity contribution in [1.82, 2.24) is 5.32 Å². The summed E-state index contributed by atoms with van der Waals surface area (Å²) in [5.74, 6) is 2.10. The summed E-state index contributed by atoms with van der Waals surface area (Å²) in [6.07, 6.45) is 3.42. The van der Waals surface area contributed by atoms with Gasteiger partial charge in [0.1, 0.15) is 6.61 Å². The van der Waals surface area contributed by atoms with Crippen LogP contribution in [-0.2, 0) is 12.8 Å². The van der Waals surface area contributed by atoms with Crippen LogP contribution >= 0.6 is 11.3 Å². The van der Waals surface area contributed by atoms with Crippen LogP contribution in [0, 0.1) is 5.92 Å². The molecule has 0 saturated heterocycles. The Hall–Kier alpha value is -2.01. The predicted octanol–water partition coefficient (Wildman–Crippen LogP) is 3.69. The molecule has 1 aliphatic carbocycles. The highest BCUT2D eigenvalue weighted by Crippen LogP contribution is 2.32. The lowest BCUT2D eigenvalue weighted by molar-refractivity contribution is 0.0951. The van der Waals surface area contributed by atoms with Crippen LogP contribution in [0.4, 0.5) is 0 Å². The van der Waals surface area contributed by atoms with E-state index >= 15 is 0 Å². The number of methoxy groups -OCH3 is 1. The lowest BCUT2D eigenvalue weighted by Crippen LogP contribution is -2.27. The fourth-order valence-corrected chi connectivity index (χ4v) is 4.09. The molecule has 0 unspecified atom stereocenters. The van der Waals surface area contributed by atoms with Gasteiger partial charge in [-0.1, -0.05) is 19.1 Å². The van der Waals surface area contributed by atoms with E-state index in [9.17, 15) is 4.79 Å². The van der Waals surface area contributed by atoms with Crippen molar-refractivity contribution in [3.05, 3.63) is 45.6 Å². The Morgan fingerprint density at radius 3 is 2.92 bits per heavy atom. The van der Waals surface area contributed by atoms with Crippen molar-refractivity contribution in [2.75, 3.05) is 20.3 Å². The molecule has 0 fully saturated rings. The number of benzene rings is 1. The maximum atomic E-state index is 12.3. The molecule has 3 rings (SSSR count). The quantitative estimate of drug-likeness (QED) is 0.812. The second-order valence-electron chi connectivity index (χ2n) is 6.16. The second-order valence-corrected chi connectivity index (χ2v) is 7.30. The van der Waals surface area contributed by atoms with Crippen LogP contribution in [0.5, 0.6) is 11.5 Å². The Morgan fingerprint density at radius 1 is 1.33 bits per heavy atom. The molecule has 4 nitrogen and oxygen atoms in total. The molecule has 0 aliphatic heterocycles. The van der Waals surface area contributed by atoms with Crippen molar-refractivity contribution in [2.45, 2.75) is 26.2 Å². The Balaban J connectivity index is 1.49. The van der Waals surface area contributed by atoms with Gasteiger partial charge >= 0.3 is 0 Å². The number of nitrogens with one attached hydrogen (secondary N) is 1. The maximum absolute atomic E-state index is 12.3. The first-order chi connectivity index (χ1) is 11.7. The van der Waals surface area contributed by atoms with Gasteiger partial charge in [-0.15, -0.1) is 11.3 Å². The van der Waals surface area contributed by atoms with Gasteiger partial charge in [0.05, 0.1) is 18.5 Å². The Bertz CT molecular complexity index is 710. The molecule has 5 heteroatoms. The molecule has 2 aromatic rings. The van der Waals surface area contributed by atoms with Crippen LogP contribution in [0.3, 0.4) is 0 Å². The third kappa shape index (κ3) is 3.90. The Morgan fingerprint density at radius 2 is 2.12 bits per heavy atom. The number of hydrogen-bond donors (Lipinski definition) is 1. The van der Waals surface area contributed by atoms with Crippen LogP contribution in [0.15, 0.2) is 30.3 Å². The molecule has 0 radical (unpaired) electrons. The van der Waals surface area contributed by atoms with Gasteiger partial charge in [-0.3, -0.25) is 4.79 Å². The number of para-hydroxylation sites is 2. The molecule has 0 bridgehead atoms. The molecule has 0 saturated carbocycles. The molecule has 1 N–H and O–H groups in total. The molecule has 1 atom stereocenters. The number of rotatable bonds is 6. The SMILES string of the molecule is COc1ccccc1OCCNC(=O)c1cc2c(s1)CC[C@@H](C)C2. The fourth-order valence-electron chi connectivity index (χ4n) is 2.97. The molecule has 128 valence electrons. The summed E-state index contributed by atoms with van der Waals surface area (Å²) in [5, 5.41) is 2.93. The van der Waals surface area contributed by atoms with E-state index in [1.165, 1.54) is 16.9 Å². The molecule has 1 aromatic carbocycles. The molecule has 24 heavy (non-hydrogen) atoms. The van der Waals surface area contributed by atoms with Gasteiger partial charge in [0.15, 0.2) is 11.5 Å².